The molecule has 2 aromatic carbocycles. The summed E-state index contributed by atoms with van der Waals surface area (Å²) in [6, 6.07) is 7.07. The molecule has 1 aliphatic carbocycles. The molecule has 35 heavy (non-hydrogen) atoms. The van der Waals surface area contributed by atoms with Gasteiger partial charge in [0.05, 0.1) is 12.2 Å². The Balaban J connectivity index is 1.38. The van der Waals surface area contributed by atoms with Crippen LogP contribution in [0.2, 0.25) is 0 Å². The van der Waals surface area contributed by atoms with Crippen molar-refractivity contribution in [2.24, 2.45) is 0 Å². The highest BCUT2D eigenvalue weighted by Crippen LogP contribution is 2.39. The minimum absolute atomic E-state index is 0.00791. The fraction of sp³-hybridized carbons (Fsp3) is 0.400. The van der Waals surface area contributed by atoms with E-state index >= 15 is 0 Å². The number of likely N-dealkylation sites (tertiary alicyclic amines) is 1. The molecule has 7 nitrogen and oxygen atoms in total. The summed E-state index contributed by atoms with van der Waals surface area (Å²) in [5, 5.41) is 2.91. The van der Waals surface area contributed by atoms with Gasteiger partial charge in [-0.15, -0.1) is 0 Å². The van der Waals surface area contributed by atoms with E-state index in [0.717, 1.165) is 25.0 Å². The molecule has 0 bridgehead atoms. The number of carbonyl (C=O) groups is 3. The van der Waals surface area contributed by atoms with Gasteiger partial charge in [0.25, 0.3) is 11.8 Å². The van der Waals surface area contributed by atoms with E-state index in [4.69, 9.17) is 4.74 Å². The predicted molar refractivity (Wildman–Crippen MR) is 118 cm³/mol. The molecule has 1 N–H and O–H groups in total. The molecular weight excluding hydrogens is 463 g/mol. The van der Waals surface area contributed by atoms with Crippen LogP contribution in [-0.2, 0) is 9.53 Å². The number of carbonyl (C=O) groups excluding carboxylic acids is 3. The first kappa shape index (κ1) is 23.3. The van der Waals surface area contributed by atoms with E-state index in [0.29, 0.717) is 6.07 Å². The quantitative estimate of drug-likeness (QED) is 0.720. The Labute approximate surface area is 199 Å². The van der Waals surface area contributed by atoms with E-state index in [2.05, 4.69) is 5.32 Å². The molecule has 1 saturated carbocycles. The summed E-state index contributed by atoms with van der Waals surface area (Å²) in [5.74, 6) is -3.58. The first-order chi connectivity index (χ1) is 16.8. The molecule has 2 saturated heterocycles. The van der Waals surface area contributed by atoms with Gasteiger partial charge in [0.15, 0.2) is 0 Å². The zero-order valence-electron chi connectivity index (χ0n) is 18.8. The third-order valence-electron chi connectivity index (χ3n) is 6.79. The summed E-state index contributed by atoms with van der Waals surface area (Å²) in [5.41, 5.74) is -1.17. The first-order valence-electron chi connectivity index (χ1n) is 11.6. The maximum Gasteiger partial charge on any atom is 0.256 e. The average Bonchev–Trinajstić information content (AvgIpc) is 3.58. The van der Waals surface area contributed by atoms with Gasteiger partial charge in [-0.25, -0.2) is 13.2 Å². The molecule has 10 heteroatoms. The molecule has 2 aromatic rings. The number of rotatable bonds is 4. The molecule has 0 radical (unpaired) electrons. The highest BCUT2D eigenvalue weighted by molar-refractivity contribution is 5.98. The zero-order valence-corrected chi connectivity index (χ0v) is 18.8. The maximum absolute atomic E-state index is 14.1. The normalized spacial score (nSPS) is 21.3. The van der Waals surface area contributed by atoms with E-state index in [-0.39, 0.29) is 55.6 Å². The fourth-order valence-electron chi connectivity index (χ4n) is 4.72. The number of nitrogens with zero attached hydrogens (tertiary/aromatic N) is 2. The van der Waals surface area contributed by atoms with Crippen molar-refractivity contribution in [3.8, 4) is 0 Å². The van der Waals surface area contributed by atoms with Crippen molar-refractivity contribution in [1.29, 1.82) is 0 Å². The SMILES string of the molecule is O=C(NC1CC1)C1COC2(CCN(C(=O)c3ccc(F)cc3F)CC2)N1C(=O)c1ccc(F)cc1. The highest BCUT2D eigenvalue weighted by atomic mass is 19.1. The summed E-state index contributed by atoms with van der Waals surface area (Å²) >= 11 is 0. The van der Waals surface area contributed by atoms with Gasteiger partial charge >= 0.3 is 0 Å². The van der Waals surface area contributed by atoms with Gasteiger partial charge in [0.2, 0.25) is 5.91 Å². The smallest absolute Gasteiger partial charge is 0.256 e. The number of benzene rings is 2. The van der Waals surface area contributed by atoms with E-state index in [9.17, 15) is 27.6 Å². The molecule has 1 unspecified atom stereocenters. The standard InChI is InChI=1S/C25H24F3N3O4/c26-16-3-1-15(2-4-16)23(33)31-21(22(32)29-18-6-7-18)14-35-25(31)9-11-30(12-10-25)24(34)19-8-5-17(27)13-20(19)28/h1-5,8,13,18,21H,6-7,9-12,14H2,(H,29,32). The van der Waals surface area contributed by atoms with Crippen LogP contribution >= 0.6 is 0 Å². The Hall–Kier alpha value is -3.40. The number of hydrogen-bond acceptors (Lipinski definition) is 4. The van der Waals surface area contributed by atoms with Gasteiger partial charge in [0, 0.05) is 43.6 Å². The summed E-state index contributed by atoms with van der Waals surface area (Å²) in [6.07, 6.45) is 2.16. The Kier molecular flexibility index (Phi) is 6.00. The van der Waals surface area contributed by atoms with E-state index in [1.54, 1.807) is 0 Å². The van der Waals surface area contributed by atoms with Crippen LogP contribution in [0, 0.1) is 17.5 Å². The molecule has 184 valence electrons. The number of halogens is 3. The molecule has 2 aliphatic heterocycles. The molecular formula is C25H24F3N3O4. The summed E-state index contributed by atoms with van der Waals surface area (Å²) in [7, 11) is 0. The van der Waals surface area contributed by atoms with Gasteiger partial charge in [-0.2, -0.15) is 0 Å². The second-order valence-corrected chi connectivity index (χ2v) is 9.15. The number of hydrogen-bond donors (Lipinski definition) is 1. The molecule has 0 aromatic heterocycles. The van der Waals surface area contributed by atoms with Crippen molar-refractivity contribution in [2.45, 2.75) is 43.5 Å². The Bertz CT molecular complexity index is 1160. The second kappa shape index (κ2) is 8.99. The minimum atomic E-state index is -1.14. The van der Waals surface area contributed by atoms with Gasteiger partial charge in [-0.1, -0.05) is 0 Å². The predicted octanol–water partition coefficient (Wildman–Crippen LogP) is 2.86. The average molecular weight is 487 g/mol. The first-order valence-corrected chi connectivity index (χ1v) is 11.6. The van der Waals surface area contributed by atoms with Gasteiger partial charge < -0.3 is 15.0 Å². The molecule has 1 atom stereocenters. The van der Waals surface area contributed by atoms with Crippen LogP contribution in [0.25, 0.3) is 0 Å². The van der Waals surface area contributed by atoms with Gasteiger partial charge in [-0.3, -0.25) is 19.3 Å². The van der Waals surface area contributed by atoms with Crippen LogP contribution in [0.4, 0.5) is 13.2 Å². The zero-order chi connectivity index (χ0) is 24.7. The van der Waals surface area contributed by atoms with Gasteiger partial charge in [0.1, 0.15) is 29.2 Å². The maximum atomic E-state index is 14.1. The summed E-state index contributed by atoms with van der Waals surface area (Å²) < 4.78 is 46.9. The third kappa shape index (κ3) is 4.50. The lowest BCUT2D eigenvalue weighted by atomic mass is 9.96. The molecule has 3 aliphatic rings. The summed E-state index contributed by atoms with van der Waals surface area (Å²) in [4.78, 5) is 42.2. The summed E-state index contributed by atoms with van der Waals surface area (Å²) in [6.45, 7) is 0.269. The van der Waals surface area contributed by atoms with E-state index in [1.807, 2.05) is 0 Å². The number of amides is 3. The lowest BCUT2D eigenvalue weighted by Gasteiger charge is -2.44. The Morgan fingerprint density at radius 3 is 2.20 bits per heavy atom. The van der Waals surface area contributed by atoms with E-state index < -0.39 is 41.0 Å². The largest absolute Gasteiger partial charge is 0.353 e. The minimum Gasteiger partial charge on any atom is -0.353 e. The van der Waals surface area contributed by atoms with Crippen LogP contribution < -0.4 is 5.32 Å². The van der Waals surface area contributed by atoms with Crippen molar-refractivity contribution < 1.29 is 32.3 Å². The Morgan fingerprint density at radius 1 is 0.914 bits per heavy atom. The van der Waals surface area contributed by atoms with Crippen molar-refractivity contribution >= 4 is 17.7 Å². The number of nitrogens with one attached hydrogen (secondary N) is 1. The monoisotopic (exact) mass is 487 g/mol. The molecule has 1 spiro atoms. The molecule has 3 amide bonds. The molecule has 2 heterocycles. The van der Waals surface area contributed by atoms with Crippen LogP contribution in [-0.4, -0.2) is 65.0 Å². The lowest BCUT2D eigenvalue weighted by Crippen LogP contribution is -2.60. The van der Waals surface area contributed by atoms with Crippen molar-refractivity contribution in [3.05, 3.63) is 71.0 Å². The van der Waals surface area contributed by atoms with E-state index in [1.165, 1.54) is 34.1 Å². The molecule has 5 rings (SSSR count). The second-order valence-electron chi connectivity index (χ2n) is 9.15. The van der Waals surface area contributed by atoms with Crippen molar-refractivity contribution in [2.75, 3.05) is 19.7 Å². The molecule has 3 fully saturated rings. The van der Waals surface area contributed by atoms with Crippen LogP contribution in [0.1, 0.15) is 46.4 Å². The van der Waals surface area contributed by atoms with Crippen molar-refractivity contribution in [1.82, 2.24) is 15.1 Å². The van der Waals surface area contributed by atoms with Crippen LogP contribution in [0.3, 0.4) is 0 Å². The number of ether oxygens (including phenoxy) is 1. The van der Waals surface area contributed by atoms with Crippen molar-refractivity contribution in [3.63, 3.8) is 0 Å². The fourth-order valence-corrected chi connectivity index (χ4v) is 4.72. The topological polar surface area (TPSA) is 79.0 Å². The number of piperidine rings is 1. The van der Waals surface area contributed by atoms with Crippen LogP contribution in [0.5, 0.6) is 0 Å². The lowest BCUT2D eigenvalue weighted by molar-refractivity contribution is -0.128. The highest BCUT2D eigenvalue weighted by Gasteiger charge is 2.54. The third-order valence-corrected chi connectivity index (χ3v) is 6.79. The van der Waals surface area contributed by atoms with Crippen LogP contribution in [0.15, 0.2) is 42.5 Å². The Morgan fingerprint density at radius 2 is 1.57 bits per heavy atom. The van der Waals surface area contributed by atoms with Gasteiger partial charge in [-0.05, 0) is 49.2 Å².